The van der Waals surface area contributed by atoms with Crippen molar-refractivity contribution in [3.8, 4) is 16.9 Å². The third-order valence-electron chi connectivity index (χ3n) is 7.52. The van der Waals surface area contributed by atoms with Crippen LogP contribution in [0, 0.1) is 5.92 Å². The average Bonchev–Trinajstić information content (AvgIpc) is 3.38. The number of nitrogens with zero attached hydrogens (tertiary/aromatic N) is 3. The highest BCUT2D eigenvalue weighted by molar-refractivity contribution is 5.92. The number of ether oxygens (including phenoxy) is 3. The number of benzene rings is 1. The van der Waals surface area contributed by atoms with Gasteiger partial charge in [0.25, 0.3) is 0 Å². The molecule has 0 bridgehead atoms. The monoisotopic (exact) mass is 468 g/mol. The van der Waals surface area contributed by atoms with Crippen LogP contribution in [-0.2, 0) is 15.9 Å². The molecule has 0 radical (unpaired) electrons. The number of nitrogens with one attached hydrogen (secondary N) is 1. The van der Waals surface area contributed by atoms with E-state index >= 15 is 0 Å². The number of amides is 1. The molecule has 8 heteroatoms. The zero-order chi connectivity index (χ0) is 23.5. The Bertz CT molecular complexity index is 995. The average molecular weight is 469 g/mol. The highest BCUT2D eigenvalue weighted by atomic mass is 16.5. The molecule has 8 nitrogen and oxygen atoms in total. The van der Waals surface area contributed by atoms with Crippen molar-refractivity contribution in [2.75, 3.05) is 44.9 Å². The van der Waals surface area contributed by atoms with Crippen molar-refractivity contribution in [2.24, 2.45) is 5.92 Å². The van der Waals surface area contributed by atoms with Crippen LogP contribution in [0.5, 0.6) is 5.75 Å². The van der Waals surface area contributed by atoms with Gasteiger partial charge in [0.05, 0.1) is 31.6 Å². The lowest BCUT2D eigenvalue weighted by molar-refractivity contribution is 0.0497. The molecule has 2 fully saturated rings. The molecule has 0 spiro atoms. The van der Waals surface area contributed by atoms with E-state index in [2.05, 4.69) is 29.2 Å². The predicted molar refractivity (Wildman–Crippen MR) is 131 cm³/mol. The first-order valence-corrected chi connectivity index (χ1v) is 12.6. The molecule has 3 aliphatic heterocycles. The number of carbonyl (C=O) groups is 1. The Labute approximate surface area is 201 Å². The topological polar surface area (TPSA) is 77.9 Å². The third-order valence-corrected chi connectivity index (χ3v) is 7.52. The Hall–Kier alpha value is -2.58. The SMILES string of the molecule is COC(=O)N1c2ccc(-c3cnn(C4CCNCC4)c3)c(OCC3CCOCC3)c2CC[C@@H]1C. The van der Waals surface area contributed by atoms with Gasteiger partial charge in [-0.05, 0) is 76.6 Å². The van der Waals surface area contributed by atoms with E-state index in [1.165, 1.54) is 7.11 Å². The lowest BCUT2D eigenvalue weighted by Gasteiger charge is -2.35. The fourth-order valence-electron chi connectivity index (χ4n) is 5.44. The standard InChI is InChI=1S/C26H36N4O4/c1-18-3-4-23-24(30(18)26(31)32-2)6-5-22(25(23)34-17-19-9-13-33-14-10-19)20-15-28-29(16-20)21-7-11-27-12-8-21/h5-6,15-16,18-19,21,27H,3-4,7-14,17H2,1-2H3/t18-/m0/s1. The van der Waals surface area contributed by atoms with E-state index in [0.29, 0.717) is 18.6 Å². The van der Waals surface area contributed by atoms with Crippen LogP contribution in [0.3, 0.4) is 0 Å². The minimum atomic E-state index is -0.324. The van der Waals surface area contributed by atoms with Crippen molar-refractivity contribution in [3.63, 3.8) is 0 Å². The van der Waals surface area contributed by atoms with Crippen LogP contribution < -0.4 is 15.0 Å². The van der Waals surface area contributed by atoms with Gasteiger partial charge in [-0.2, -0.15) is 5.10 Å². The number of anilines is 1. The quantitative estimate of drug-likeness (QED) is 0.709. The van der Waals surface area contributed by atoms with Crippen LogP contribution in [0.25, 0.3) is 11.1 Å². The Morgan fingerprint density at radius 3 is 2.74 bits per heavy atom. The van der Waals surface area contributed by atoms with E-state index in [4.69, 9.17) is 19.3 Å². The van der Waals surface area contributed by atoms with Gasteiger partial charge in [0.15, 0.2) is 0 Å². The number of hydrogen-bond acceptors (Lipinski definition) is 6. The first-order valence-electron chi connectivity index (χ1n) is 12.6. The smallest absolute Gasteiger partial charge is 0.414 e. The van der Waals surface area contributed by atoms with Gasteiger partial charge in [0, 0.05) is 42.1 Å². The van der Waals surface area contributed by atoms with Gasteiger partial charge in [0.2, 0.25) is 0 Å². The fourth-order valence-corrected chi connectivity index (χ4v) is 5.44. The van der Waals surface area contributed by atoms with Gasteiger partial charge < -0.3 is 19.5 Å². The van der Waals surface area contributed by atoms with Crippen molar-refractivity contribution < 1.29 is 19.0 Å². The van der Waals surface area contributed by atoms with E-state index < -0.39 is 0 Å². The third kappa shape index (κ3) is 4.66. The molecule has 1 amide bonds. The van der Waals surface area contributed by atoms with E-state index in [1.54, 1.807) is 4.90 Å². The van der Waals surface area contributed by atoms with Crippen LogP contribution in [-0.4, -0.2) is 61.9 Å². The molecule has 4 heterocycles. The number of aromatic nitrogens is 2. The van der Waals surface area contributed by atoms with Gasteiger partial charge in [0.1, 0.15) is 5.75 Å². The molecule has 1 aromatic carbocycles. The summed E-state index contributed by atoms with van der Waals surface area (Å²) in [5.74, 6) is 1.36. The molecule has 34 heavy (non-hydrogen) atoms. The second-order valence-corrected chi connectivity index (χ2v) is 9.72. The summed E-state index contributed by atoms with van der Waals surface area (Å²) in [6.45, 7) is 6.37. The normalized spacial score (nSPS) is 21.8. The molecule has 0 unspecified atom stereocenters. The minimum absolute atomic E-state index is 0.0804. The molecule has 0 aliphatic carbocycles. The number of rotatable bonds is 5. The molecule has 184 valence electrons. The second-order valence-electron chi connectivity index (χ2n) is 9.72. The number of piperidine rings is 1. The highest BCUT2D eigenvalue weighted by Crippen LogP contribution is 2.43. The summed E-state index contributed by atoms with van der Waals surface area (Å²) in [5.41, 5.74) is 4.08. The zero-order valence-electron chi connectivity index (χ0n) is 20.3. The molecular weight excluding hydrogens is 432 g/mol. The van der Waals surface area contributed by atoms with Crippen LogP contribution in [0.2, 0.25) is 0 Å². The maximum atomic E-state index is 12.6. The van der Waals surface area contributed by atoms with E-state index in [0.717, 1.165) is 93.0 Å². The Kier molecular flexibility index (Phi) is 7.06. The molecule has 2 saturated heterocycles. The molecule has 1 aromatic heterocycles. The van der Waals surface area contributed by atoms with Crippen LogP contribution in [0.15, 0.2) is 24.5 Å². The fraction of sp³-hybridized carbons (Fsp3) is 0.615. The first kappa shape index (κ1) is 23.2. The Morgan fingerprint density at radius 2 is 1.97 bits per heavy atom. The van der Waals surface area contributed by atoms with Gasteiger partial charge in [-0.3, -0.25) is 9.58 Å². The zero-order valence-corrected chi connectivity index (χ0v) is 20.3. The van der Waals surface area contributed by atoms with Crippen LogP contribution in [0.4, 0.5) is 10.5 Å². The van der Waals surface area contributed by atoms with Gasteiger partial charge in [-0.1, -0.05) is 0 Å². The largest absolute Gasteiger partial charge is 0.492 e. The number of methoxy groups -OCH3 is 1. The maximum absolute atomic E-state index is 12.6. The van der Waals surface area contributed by atoms with Gasteiger partial charge in [-0.15, -0.1) is 0 Å². The molecule has 0 saturated carbocycles. The Morgan fingerprint density at radius 1 is 1.18 bits per heavy atom. The summed E-state index contributed by atoms with van der Waals surface area (Å²) in [4.78, 5) is 14.4. The van der Waals surface area contributed by atoms with Crippen molar-refractivity contribution >= 4 is 11.8 Å². The van der Waals surface area contributed by atoms with E-state index in [9.17, 15) is 4.79 Å². The van der Waals surface area contributed by atoms with Crippen LogP contribution in [0.1, 0.15) is 50.6 Å². The molecule has 2 aromatic rings. The van der Waals surface area contributed by atoms with Gasteiger partial charge >= 0.3 is 6.09 Å². The first-order chi connectivity index (χ1) is 16.7. The van der Waals surface area contributed by atoms with E-state index in [-0.39, 0.29) is 12.1 Å². The highest BCUT2D eigenvalue weighted by Gasteiger charge is 2.32. The molecule has 5 rings (SSSR count). The summed E-state index contributed by atoms with van der Waals surface area (Å²) in [6, 6.07) is 4.63. The maximum Gasteiger partial charge on any atom is 0.414 e. The number of carbonyl (C=O) groups excluding carboxylic acids is 1. The second kappa shape index (κ2) is 10.4. The summed E-state index contributed by atoms with van der Waals surface area (Å²) in [7, 11) is 1.44. The van der Waals surface area contributed by atoms with Crippen molar-refractivity contribution in [2.45, 2.75) is 57.5 Å². The summed E-state index contributed by atoms with van der Waals surface area (Å²) >= 11 is 0. The summed E-state index contributed by atoms with van der Waals surface area (Å²) in [5, 5.41) is 8.14. The van der Waals surface area contributed by atoms with E-state index in [1.807, 2.05) is 12.3 Å². The molecule has 3 aliphatic rings. The lowest BCUT2D eigenvalue weighted by Crippen LogP contribution is -2.42. The van der Waals surface area contributed by atoms with Crippen molar-refractivity contribution in [3.05, 3.63) is 30.1 Å². The number of fused-ring (bicyclic) bond motifs is 1. The Balaban J connectivity index is 1.50. The summed E-state index contributed by atoms with van der Waals surface area (Å²) < 4.78 is 19.4. The summed E-state index contributed by atoms with van der Waals surface area (Å²) in [6.07, 6.45) is 9.73. The van der Waals surface area contributed by atoms with Crippen LogP contribution >= 0.6 is 0 Å². The lowest BCUT2D eigenvalue weighted by atomic mass is 9.92. The predicted octanol–water partition coefficient (Wildman–Crippen LogP) is 4.19. The van der Waals surface area contributed by atoms with Crippen molar-refractivity contribution in [1.29, 1.82) is 0 Å². The number of hydrogen-bond donors (Lipinski definition) is 1. The minimum Gasteiger partial charge on any atom is -0.492 e. The molecular formula is C26H36N4O4. The van der Waals surface area contributed by atoms with Crippen molar-refractivity contribution in [1.82, 2.24) is 15.1 Å². The van der Waals surface area contributed by atoms with Gasteiger partial charge in [-0.25, -0.2) is 4.79 Å². The molecule has 1 atom stereocenters. The molecule has 1 N–H and O–H groups in total.